The lowest BCUT2D eigenvalue weighted by atomic mass is 10.2. The largest absolute Gasteiger partial charge is 0.452 e. The number of esters is 1. The number of aryl methyl sites for hydroxylation is 1. The number of nitrogen functional groups attached to an aromatic ring is 1. The van der Waals surface area contributed by atoms with E-state index in [2.05, 4.69) is 5.32 Å². The van der Waals surface area contributed by atoms with Crippen molar-refractivity contribution in [3.8, 4) is 0 Å². The zero-order chi connectivity index (χ0) is 16.1. The summed E-state index contributed by atoms with van der Waals surface area (Å²) in [7, 11) is 0. The van der Waals surface area contributed by atoms with Gasteiger partial charge in [0, 0.05) is 16.4 Å². The molecule has 0 aromatic heterocycles. The third-order valence-electron chi connectivity index (χ3n) is 2.81. The van der Waals surface area contributed by atoms with E-state index in [0.29, 0.717) is 22.0 Å². The molecule has 5 nitrogen and oxygen atoms in total. The predicted molar refractivity (Wildman–Crippen MR) is 86.0 cm³/mol. The summed E-state index contributed by atoms with van der Waals surface area (Å²) in [5, 5.41) is 3.14. The van der Waals surface area contributed by atoms with E-state index in [0.717, 1.165) is 5.56 Å². The second kappa shape index (κ2) is 6.95. The first-order valence-electron chi connectivity index (χ1n) is 6.54. The van der Waals surface area contributed by atoms with E-state index in [-0.39, 0.29) is 6.61 Å². The molecule has 0 unspecified atom stereocenters. The molecular formula is C16H15ClN2O3. The van der Waals surface area contributed by atoms with Crippen LogP contribution < -0.4 is 11.1 Å². The molecule has 2 rings (SSSR count). The number of hydrogen-bond donors (Lipinski definition) is 2. The summed E-state index contributed by atoms with van der Waals surface area (Å²) < 4.78 is 4.94. The van der Waals surface area contributed by atoms with Crippen LogP contribution in [-0.4, -0.2) is 18.5 Å². The molecule has 0 spiro atoms. The molecule has 2 aromatic rings. The normalized spacial score (nSPS) is 10.1. The van der Waals surface area contributed by atoms with Gasteiger partial charge in [-0.05, 0) is 55.0 Å². The Hall–Kier alpha value is -2.53. The maximum Gasteiger partial charge on any atom is 0.338 e. The van der Waals surface area contributed by atoms with Gasteiger partial charge < -0.3 is 15.8 Å². The summed E-state index contributed by atoms with van der Waals surface area (Å²) in [5.41, 5.74) is 7.89. The maximum absolute atomic E-state index is 11.8. The Morgan fingerprint density at radius 1 is 1.18 bits per heavy atom. The van der Waals surface area contributed by atoms with Crippen LogP contribution in [0.1, 0.15) is 15.9 Å². The van der Waals surface area contributed by atoms with Gasteiger partial charge in [0.15, 0.2) is 6.61 Å². The van der Waals surface area contributed by atoms with Gasteiger partial charge in [-0.25, -0.2) is 4.79 Å². The fourth-order valence-electron chi connectivity index (χ4n) is 1.84. The molecule has 2 aromatic carbocycles. The van der Waals surface area contributed by atoms with Crippen LogP contribution in [0, 0.1) is 6.92 Å². The average molecular weight is 319 g/mol. The number of halogens is 1. The predicted octanol–water partition coefficient (Wildman–Crippen LogP) is 3.03. The topological polar surface area (TPSA) is 81.4 Å². The first-order chi connectivity index (χ1) is 10.4. The number of amides is 1. The van der Waals surface area contributed by atoms with Crippen LogP contribution in [-0.2, 0) is 9.53 Å². The van der Waals surface area contributed by atoms with Crippen LogP contribution in [0.4, 0.5) is 11.4 Å². The molecule has 0 bridgehead atoms. The van der Waals surface area contributed by atoms with E-state index in [1.807, 2.05) is 6.92 Å². The summed E-state index contributed by atoms with van der Waals surface area (Å²) in [6, 6.07) is 11.4. The number of anilines is 2. The minimum Gasteiger partial charge on any atom is -0.452 e. The molecule has 0 heterocycles. The highest BCUT2D eigenvalue weighted by atomic mass is 35.5. The maximum atomic E-state index is 11.8. The Balaban J connectivity index is 1.89. The molecule has 0 saturated carbocycles. The van der Waals surface area contributed by atoms with Gasteiger partial charge in [-0.1, -0.05) is 11.6 Å². The number of carbonyl (C=O) groups excluding carboxylic acids is 2. The third-order valence-corrected chi connectivity index (χ3v) is 3.02. The van der Waals surface area contributed by atoms with E-state index < -0.39 is 11.9 Å². The van der Waals surface area contributed by atoms with Crippen LogP contribution in [0.5, 0.6) is 0 Å². The number of hydrogen-bond acceptors (Lipinski definition) is 4. The summed E-state index contributed by atoms with van der Waals surface area (Å²) in [6.45, 7) is 1.48. The van der Waals surface area contributed by atoms with E-state index in [1.165, 1.54) is 12.1 Å². The van der Waals surface area contributed by atoms with Gasteiger partial charge in [-0.15, -0.1) is 0 Å². The molecule has 3 N–H and O–H groups in total. The molecule has 22 heavy (non-hydrogen) atoms. The zero-order valence-electron chi connectivity index (χ0n) is 11.9. The Bertz CT molecular complexity index is 679. The molecule has 0 aliphatic heterocycles. The van der Waals surface area contributed by atoms with Crippen molar-refractivity contribution in [2.75, 3.05) is 17.7 Å². The molecule has 6 heteroatoms. The molecule has 114 valence electrons. The number of rotatable bonds is 4. The van der Waals surface area contributed by atoms with Crippen molar-refractivity contribution >= 4 is 34.9 Å². The lowest BCUT2D eigenvalue weighted by Gasteiger charge is -2.08. The van der Waals surface area contributed by atoms with Crippen LogP contribution in [0.3, 0.4) is 0 Å². The number of ether oxygens (including phenoxy) is 1. The van der Waals surface area contributed by atoms with E-state index in [1.54, 1.807) is 30.3 Å². The summed E-state index contributed by atoms with van der Waals surface area (Å²) in [5.74, 6) is -1.03. The highest BCUT2D eigenvalue weighted by molar-refractivity contribution is 6.31. The summed E-state index contributed by atoms with van der Waals surface area (Å²) in [6.07, 6.45) is 0. The summed E-state index contributed by atoms with van der Waals surface area (Å²) >= 11 is 5.91. The first-order valence-corrected chi connectivity index (χ1v) is 6.91. The van der Waals surface area contributed by atoms with Crippen molar-refractivity contribution in [1.82, 2.24) is 0 Å². The standard InChI is InChI=1S/C16H15ClN2O3/c1-10-6-12(17)8-14(7-10)19-15(20)9-22-16(21)11-2-4-13(18)5-3-11/h2-8H,9,18H2,1H3,(H,19,20). The molecule has 1 amide bonds. The highest BCUT2D eigenvalue weighted by Gasteiger charge is 2.10. The van der Waals surface area contributed by atoms with Gasteiger partial charge in [0.2, 0.25) is 0 Å². The molecule has 0 aliphatic carbocycles. The number of nitrogens with two attached hydrogens (primary N) is 1. The SMILES string of the molecule is Cc1cc(Cl)cc(NC(=O)COC(=O)c2ccc(N)cc2)c1. The van der Waals surface area contributed by atoms with Crippen molar-refractivity contribution in [1.29, 1.82) is 0 Å². The van der Waals surface area contributed by atoms with E-state index >= 15 is 0 Å². The van der Waals surface area contributed by atoms with Crippen molar-refractivity contribution in [2.45, 2.75) is 6.92 Å². The van der Waals surface area contributed by atoms with Crippen molar-refractivity contribution in [3.05, 3.63) is 58.6 Å². The van der Waals surface area contributed by atoms with Crippen LogP contribution >= 0.6 is 11.6 Å². The monoisotopic (exact) mass is 318 g/mol. The molecular weight excluding hydrogens is 304 g/mol. The fourth-order valence-corrected chi connectivity index (χ4v) is 2.13. The first kappa shape index (κ1) is 15.9. The number of nitrogens with one attached hydrogen (secondary N) is 1. The Kier molecular flexibility index (Phi) is 5.01. The molecule has 0 atom stereocenters. The quantitative estimate of drug-likeness (QED) is 0.670. The zero-order valence-corrected chi connectivity index (χ0v) is 12.7. The van der Waals surface area contributed by atoms with Gasteiger partial charge in [-0.2, -0.15) is 0 Å². The number of benzene rings is 2. The lowest BCUT2D eigenvalue weighted by molar-refractivity contribution is -0.119. The van der Waals surface area contributed by atoms with E-state index in [9.17, 15) is 9.59 Å². The molecule has 0 aliphatic rings. The Morgan fingerprint density at radius 2 is 1.86 bits per heavy atom. The Morgan fingerprint density at radius 3 is 2.50 bits per heavy atom. The van der Waals surface area contributed by atoms with Gasteiger partial charge in [0.25, 0.3) is 5.91 Å². The third kappa shape index (κ3) is 4.49. The van der Waals surface area contributed by atoms with Crippen molar-refractivity contribution < 1.29 is 14.3 Å². The number of carbonyl (C=O) groups is 2. The fraction of sp³-hybridized carbons (Fsp3) is 0.125. The molecule has 0 saturated heterocycles. The van der Waals surface area contributed by atoms with E-state index in [4.69, 9.17) is 22.1 Å². The van der Waals surface area contributed by atoms with Crippen LogP contribution in [0.25, 0.3) is 0 Å². The minimum absolute atomic E-state index is 0.334. The van der Waals surface area contributed by atoms with Gasteiger partial charge in [0.1, 0.15) is 0 Å². The second-order valence-corrected chi connectivity index (χ2v) is 5.20. The highest BCUT2D eigenvalue weighted by Crippen LogP contribution is 2.18. The average Bonchev–Trinajstić information content (AvgIpc) is 2.44. The lowest BCUT2D eigenvalue weighted by Crippen LogP contribution is -2.21. The Labute approximate surface area is 133 Å². The summed E-state index contributed by atoms with van der Waals surface area (Å²) in [4.78, 5) is 23.5. The smallest absolute Gasteiger partial charge is 0.338 e. The van der Waals surface area contributed by atoms with Crippen molar-refractivity contribution in [2.24, 2.45) is 0 Å². The minimum atomic E-state index is -0.586. The van der Waals surface area contributed by atoms with Gasteiger partial charge in [0.05, 0.1) is 5.56 Å². The molecule has 0 radical (unpaired) electrons. The van der Waals surface area contributed by atoms with Crippen LogP contribution in [0.15, 0.2) is 42.5 Å². The second-order valence-electron chi connectivity index (χ2n) is 4.76. The van der Waals surface area contributed by atoms with Crippen LogP contribution in [0.2, 0.25) is 5.02 Å². The van der Waals surface area contributed by atoms with Gasteiger partial charge in [-0.3, -0.25) is 4.79 Å². The van der Waals surface area contributed by atoms with Gasteiger partial charge >= 0.3 is 5.97 Å². The van der Waals surface area contributed by atoms with Crippen molar-refractivity contribution in [3.63, 3.8) is 0 Å². The molecule has 0 fully saturated rings.